The molecule has 0 rings (SSSR count). The number of carbonyl (C=O) groups is 1. The molecule has 0 aliphatic heterocycles. The van der Waals surface area contributed by atoms with Gasteiger partial charge >= 0.3 is 5.97 Å². The van der Waals surface area contributed by atoms with Crippen molar-refractivity contribution >= 4 is 27.6 Å². The summed E-state index contributed by atoms with van der Waals surface area (Å²) in [5.41, 5.74) is -1.09. The van der Waals surface area contributed by atoms with E-state index in [1.165, 1.54) is 6.92 Å². The molecule has 3 nitrogen and oxygen atoms in total. The summed E-state index contributed by atoms with van der Waals surface area (Å²) in [5.74, 6) is 1.12. The highest BCUT2D eigenvalue weighted by molar-refractivity contribution is 8.76. The number of carbonyl (C=O) groups excluding carboxylic acids is 1. The molecule has 0 unspecified atom stereocenters. The van der Waals surface area contributed by atoms with Crippen LogP contribution in [0, 0.1) is 0 Å². The van der Waals surface area contributed by atoms with Gasteiger partial charge in [0.15, 0.2) is 0 Å². The number of hydrogen-bond donors (Lipinski definition) is 1. The lowest BCUT2D eigenvalue weighted by molar-refractivity contribution is -0.151. The van der Waals surface area contributed by atoms with E-state index in [1.807, 2.05) is 13.8 Å². The molecule has 0 saturated heterocycles. The van der Waals surface area contributed by atoms with E-state index in [0.717, 1.165) is 0 Å². The Morgan fingerprint density at radius 1 is 1.20 bits per heavy atom. The maximum atomic E-state index is 10.8. The number of aliphatic hydroxyl groups is 1. The van der Waals surface area contributed by atoms with E-state index in [1.54, 1.807) is 35.4 Å². The van der Waals surface area contributed by atoms with Crippen LogP contribution in [0.1, 0.15) is 34.6 Å². The van der Waals surface area contributed by atoms with Crippen molar-refractivity contribution in [3.8, 4) is 0 Å². The van der Waals surface area contributed by atoms with Gasteiger partial charge in [0.2, 0.25) is 0 Å². The maximum Gasteiger partial charge on any atom is 0.303 e. The zero-order valence-electron chi connectivity index (χ0n) is 9.99. The Hall–Kier alpha value is 0.130. The Balaban J connectivity index is 3.71. The Morgan fingerprint density at radius 3 is 2.07 bits per heavy atom. The zero-order valence-corrected chi connectivity index (χ0v) is 11.6. The summed E-state index contributed by atoms with van der Waals surface area (Å²) < 4.78 is 5.13. The number of esters is 1. The minimum atomic E-state index is -0.650. The smallest absolute Gasteiger partial charge is 0.303 e. The van der Waals surface area contributed by atoms with E-state index in [9.17, 15) is 9.90 Å². The van der Waals surface area contributed by atoms with Crippen LogP contribution in [0.25, 0.3) is 0 Å². The topological polar surface area (TPSA) is 46.5 Å². The van der Waals surface area contributed by atoms with Gasteiger partial charge in [0, 0.05) is 18.4 Å². The van der Waals surface area contributed by atoms with Crippen molar-refractivity contribution in [2.45, 2.75) is 45.8 Å². The summed E-state index contributed by atoms with van der Waals surface area (Å²) in [5, 5.41) is 9.47. The summed E-state index contributed by atoms with van der Waals surface area (Å²) >= 11 is 0. The molecule has 0 radical (unpaired) electrons. The first-order chi connectivity index (χ1) is 6.62. The number of hydrogen-bond acceptors (Lipinski definition) is 5. The number of ether oxygens (including phenoxy) is 1. The fraction of sp³-hybridized carbons (Fsp3) is 0.900. The van der Waals surface area contributed by atoms with Crippen LogP contribution in [0.3, 0.4) is 0 Å². The molecule has 0 heterocycles. The molecule has 1 N–H and O–H groups in total. The third kappa shape index (κ3) is 10.4. The fourth-order valence-electron chi connectivity index (χ4n) is 0.788. The lowest BCUT2D eigenvalue weighted by Gasteiger charge is -2.24. The van der Waals surface area contributed by atoms with Crippen LogP contribution < -0.4 is 0 Å². The summed E-state index contributed by atoms with van der Waals surface area (Å²) in [6, 6.07) is 0. The highest BCUT2D eigenvalue weighted by atomic mass is 33.1. The van der Waals surface area contributed by atoms with Gasteiger partial charge in [-0.05, 0) is 27.7 Å². The summed E-state index contributed by atoms with van der Waals surface area (Å²) in [4.78, 5) is 10.8. The molecular formula is C10H20O3S2. The molecule has 0 saturated carbocycles. The molecular weight excluding hydrogens is 232 g/mol. The van der Waals surface area contributed by atoms with Gasteiger partial charge in [0.05, 0.1) is 5.60 Å². The molecule has 0 spiro atoms. The van der Waals surface area contributed by atoms with E-state index >= 15 is 0 Å². The van der Waals surface area contributed by atoms with Crippen LogP contribution in [0.5, 0.6) is 0 Å². The molecule has 5 heteroatoms. The Morgan fingerprint density at radius 2 is 1.67 bits per heavy atom. The molecule has 0 aliphatic carbocycles. The second kappa shape index (κ2) is 6.01. The Bertz CT molecular complexity index is 209. The van der Waals surface area contributed by atoms with E-state index < -0.39 is 11.2 Å². The van der Waals surface area contributed by atoms with Crippen LogP contribution in [0.4, 0.5) is 0 Å². The van der Waals surface area contributed by atoms with Crippen LogP contribution in [0.15, 0.2) is 0 Å². The molecule has 0 aliphatic rings. The van der Waals surface area contributed by atoms with Crippen LogP contribution in [0.2, 0.25) is 0 Å². The van der Waals surface area contributed by atoms with Crippen molar-refractivity contribution in [2.24, 2.45) is 0 Å². The summed E-state index contributed by atoms with van der Waals surface area (Å²) in [6.45, 7) is 8.73. The van der Waals surface area contributed by atoms with Crippen molar-refractivity contribution < 1.29 is 14.6 Å². The van der Waals surface area contributed by atoms with Gasteiger partial charge in [0.1, 0.15) is 5.60 Å². The Labute approximate surface area is 99.7 Å². The minimum absolute atomic E-state index is 0.256. The second-order valence-electron chi connectivity index (χ2n) is 4.69. The van der Waals surface area contributed by atoms with E-state index in [2.05, 4.69) is 0 Å². The van der Waals surface area contributed by atoms with Gasteiger partial charge in [-0.2, -0.15) is 0 Å². The van der Waals surface area contributed by atoms with Crippen LogP contribution in [-0.2, 0) is 9.53 Å². The quantitative estimate of drug-likeness (QED) is 0.447. The van der Waals surface area contributed by atoms with Gasteiger partial charge in [-0.15, -0.1) is 0 Å². The first-order valence-corrected chi connectivity index (χ1v) is 7.28. The molecule has 0 fully saturated rings. The van der Waals surface area contributed by atoms with Gasteiger partial charge in [-0.1, -0.05) is 21.6 Å². The second-order valence-corrected chi connectivity index (χ2v) is 7.15. The largest absolute Gasteiger partial charge is 0.459 e. The molecule has 90 valence electrons. The van der Waals surface area contributed by atoms with Crippen molar-refractivity contribution in [2.75, 3.05) is 11.5 Å². The van der Waals surface area contributed by atoms with Gasteiger partial charge in [0.25, 0.3) is 0 Å². The minimum Gasteiger partial charge on any atom is -0.459 e. The molecule has 0 aromatic carbocycles. The highest BCUT2D eigenvalue weighted by Crippen LogP contribution is 2.29. The molecule has 0 aromatic heterocycles. The molecule has 15 heavy (non-hydrogen) atoms. The van der Waals surface area contributed by atoms with Crippen molar-refractivity contribution in [3.05, 3.63) is 0 Å². The highest BCUT2D eigenvalue weighted by Gasteiger charge is 2.22. The normalized spacial score (nSPS) is 12.7. The van der Waals surface area contributed by atoms with E-state index in [0.29, 0.717) is 11.5 Å². The van der Waals surface area contributed by atoms with Crippen LogP contribution >= 0.6 is 21.6 Å². The first-order valence-electron chi connectivity index (χ1n) is 4.79. The zero-order chi connectivity index (χ0) is 12.1. The lowest BCUT2D eigenvalue weighted by atomic mass is 10.2. The van der Waals surface area contributed by atoms with E-state index in [-0.39, 0.29) is 5.97 Å². The van der Waals surface area contributed by atoms with Gasteiger partial charge < -0.3 is 9.84 Å². The molecule has 0 atom stereocenters. The first kappa shape index (κ1) is 15.1. The average molecular weight is 252 g/mol. The SMILES string of the molecule is CC(=O)OC(C)(C)CSSCC(C)(C)O. The van der Waals surface area contributed by atoms with Crippen LogP contribution in [-0.4, -0.2) is 33.8 Å². The predicted octanol–water partition coefficient (Wildman–Crippen LogP) is 2.48. The van der Waals surface area contributed by atoms with E-state index in [4.69, 9.17) is 4.74 Å². The van der Waals surface area contributed by atoms with Gasteiger partial charge in [-0.3, -0.25) is 4.79 Å². The van der Waals surface area contributed by atoms with Crippen molar-refractivity contribution in [1.29, 1.82) is 0 Å². The average Bonchev–Trinajstić information content (AvgIpc) is 1.93. The number of rotatable bonds is 6. The molecule has 0 amide bonds. The monoisotopic (exact) mass is 252 g/mol. The maximum absolute atomic E-state index is 10.8. The lowest BCUT2D eigenvalue weighted by Crippen LogP contribution is -2.29. The third-order valence-corrected chi connectivity index (χ3v) is 4.33. The fourth-order valence-corrected chi connectivity index (χ4v) is 3.80. The third-order valence-electron chi connectivity index (χ3n) is 1.32. The standard InChI is InChI=1S/C10H20O3S2/c1-8(11)13-10(4,5)7-15-14-6-9(2,3)12/h12H,6-7H2,1-5H3. The van der Waals surface area contributed by atoms with Crippen molar-refractivity contribution in [3.63, 3.8) is 0 Å². The molecule has 0 bridgehead atoms. The summed E-state index contributed by atoms with van der Waals surface area (Å²) in [7, 11) is 3.20. The predicted molar refractivity (Wildman–Crippen MR) is 67.1 cm³/mol. The van der Waals surface area contributed by atoms with Crippen molar-refractivity contribution in [1.82, 2.24) is 0 Å². The molecule has 0 aromatic rings. The summed E-state index contributed by atoms with van der Waals surface area (Å²) in [6.07, 6.45) is 0. The van der Waals surface area contributed by atoms with Gasteiger partial charge in [-0.25, -0.2) is 0 Å². The Kier molecular flexibility index (Phi) is 6.06.